The fraction of sp³-hybridized carbons (Fsp3) is 0.176. The van der Waals surface area contributed by atoms with E-state index in [-0.39, 0.29) is 11.9 Å². The summed E-state index contributed by atoms with van der Waals surface area (Å²) in [7, 11) is 1.55. The molecule has 0 radical (unpaired) electrons. The van der Waals surface area contributed by atoms with E-state index in [9.17, 15) is 4.79 Å². The van der Waals surface area contributed by atoms with Crippen LogP contribution in [-0.2, 0) is 0 Å². The van der Waals surface area contributed by atoms with E-state index in [0.717, 1.165) is 4.47 Å². The van der Waals surface area contributed by atoms with Crippen LogP contribution in [0.5, 0.6) is 5.75 Å². The SMILES string of the molecule is COc1ccc(NC(N)=NCCNC(=O)c2cccc(Br)c2)cc1Cl. The van der Waals surface area contributed by atoms with Gasteiger partial charge in [-0.15, -0.1) is 0 Å². The number of hydrogen-bond acceptors (Lipinski definition) is 3. The molecule has 0 unspecified atom stereocenters. The number of carbonyl (C=O) groups is 1. The Hall–Kier alpha value is -2.25. The molecule has 0 aliphatic heterocycles. The molecule has 4 N–H and O–H groups in total. The first-order valence-electron chi connectivity index (χ1n) is 7.44. The van der Waals surface area contributed by atoms with Gasteiger partial charge in [-0.2, -0.15) is 0 Å². The first kappa shape index (κ1) is 19.1. The van der Waals surface area contributed by atoms with Crippen LogP contribution in [0.1, 0.15) is 10.4 Å². The van der Waals surface area contributed by atoms with Crippen molar-refractivity contribution in [3.63, 3.8) is 0 Å². The van der Waals surface area contributed by atoms with Crippen LogP contribution in [0.15, 0.2) is 51.9 Å². The monoisotopic (exact) mass is 424 g/mol. The lowest BCUT2D eigenvalue weighted by atomic mass is 10.2. The van der Waals surface area contributed by atoms with Gasteiger partial charge in [-0.3, -0.25) is 9.79 Å². The number of hydrogen-bond donors (Lipinski definition) is 3. The Labute approximate surface area is 159 Å². The van der Waals surface area contributed by atoms with Gasteiger partial charge >= 0.3 is 0 Å². The summed E-state index contributed by atoms with van der Waals surface area (Å²) in [6.07, 6.45) is 0. The number of nitrogens with zero attached hydrogens (tertiary/aromatic N) is 1. The molecule has 0 aliphatic rings. The van der Waals surface area contributed by atoms with Crippen molar-refractivity contribution in [1.82, 2.24) is 5.32 Å². The van der Waals surface area contributed by atoms with Gasteiger partial charge in [0, 0.05) is 22.3 Å². The van der Waals surface area contributed by atoms with Crippen molar-refractivity contribution in [3.05, 3.63) is 57.5 Å². The Morgan fingerprint density at radius 3 is 2.80 bits per heavy atom. The lowest BCUT2D eigenvalue weighted by molar-refractivity contribution is 0.0954. The molecular formula is C17H18BrClN4O2. The van der Waals surface area contributed by atoms with Gasteiger partial charge in [-0.25, -0.2) is 0 Å². The molecule has 0 saturated heterocycles. The Morgan fingerprint density at radius 2 is 2.12 bits per heavy atom. The number of guanidine groups is 1. The number of amides is 1. The third kappa shape index (κ3) is 5.95. The molecule has 8 heteroatoms. The Balaban J connectivity index is 1.81. The number of rotatable bonds is 6. The van der Waals surface area contributed by atoms with Crippen molar-refractivity contribution in [2.45, 2.75) is 0 Å². The van der Waals surface area contributed by atoms with Crippen molar-refractivity contribution < 1.29 is 9.53 Å². The minimum Gasteiger partial charge on any atom is -0.495 e. The summed E-state index contributed by atoms with van der Waals surface area (Å²) < 4.78 is 5.94. The van der Waals surface area contributed by atoms with Gasteiger partial charge < -0.3 is 21.1 Å². The van der Waals surface area contributed by atoms with Crippen molar-refractivity contribution in [2.75, 3.05) is 25.5 Å². The minimum atomic E-state index is -0.162. The van der Waals surface area contributed by atoms with E-state index in [4.69, 9.17) is 22.1 Å². The Morgan fingerprint density at radius 1 is 1.32 bits per heavy atom. The first-order chi connectivity index (χ1) is 12.0. The molecule has 0 bridgehead atoms. The van der Waals surface area contributed by atoms with Crippen LogP contribution in [0.2, 0.25) is 5.02 Å². The molecule has 0 atom stereocenters. The van der Waals surface area contributed by atoms with Gasteiger partial charge in [0.2, 0.25) is 0 Å². The summed E-state index contributed by atoms with van der Waals surface area (Å²) in [5, 5.41) is 6.19. The van der Waals surface area contributed by atoms with Crippen LogP contribution in [0.25, 0.3) is 0 Å². The molecule has 25 heavy (non-hydrogen) atoms. The van der Waals surface area contributed by atoms with Gasteiger partial charge in [-0.05, 0) is 36.4 Å². The number of methoxy groups -OCH3 is 1. The fourth-order valence-corrected chi connectivity index (χ4v) is 2.67. The van der Waals surface area contributed by atoms with Gasteiger partial charge in [0.25, 0.3) is 5.91 Å². The molecule has 132 valence electrons. The predicted octanol–water partition coefficient (Wildman–Crippen LogP) is 3.27. The van der Waals surface area contributed by atoms with Crippen molar-refractivity contribution >= 4 is 45.1 Å². The summed E-state index contributed by atoms with van der Waals surface area (Å²) in [6.45, 7) is 0.722. The average Bonchev–Trinajstić information content (AvgIpc) is 2.58. The highest BCUT2D eigenvalue weighted by atomic mass is 79.9. The van der Waals surface area contributed by atoms with Crippen molar-refractivity contribution in [3.8, 4) is 5.75 Å². The normalized spacial score (nSPS) is 11.1. The van der Waals surface area contributed by atoms with E-state index in [0.29, 0.717) is 35.1 Å². The van der Waals surface area contributed by atoms with E-state index in [1.165, 1.54) is 0 Å². The molecular weight excluding hydrogens is 408 g/mol. The smallest absolute Gasteiger partial charge is 0.251 e. The predicted molar refractivity (Wildman–Crippen MR) is 105 cm³/mol. The highest BCUT2D eigenvalue weighted by Gasteiger charge is 2.05. The van der Waals surface area contributed by atoms with Gasteiger partial charge in [0.15, 0.2) is 5.96 Å². The zero-order chi connectivity index (χ0) is 18.2. The maximum Gasteiger partial charge on any atom is 0.251 e. The maximum atomic E-state index is 12.0. The van der Waals surface area contributed by atoms with Gasteiger partial charge in [-0.1, -0.05) is 33.6 Å². The maximum absolute atomic E-state index is 12.0. The molecule has 2 aromatic carbocycles. The third-order valence-corrected chi connectivity index (χ3v) is 3.98. The fourth-order valence-electron chi connectivity index (χ4n) is 2.01. The number of ether oxygens (including phenoxy) is 1. The highest BCUT2D eigenvalue weighted by molar-refractivity contribution is 9.10. The summed E-state index contributed by atoms with van der Waals surface area (Å²) in [5.74, 6) is 0.654. The second-order valence-corrected chi connectivity index (χ2v) is 6.33. The summed E-state index contributed by atoms with van der Waals surface area (Å²) >= 11 is 9.38. The third-order valence-electron chi connectivity index (χ3n) is 3.19. The van der Waals surface area contributed by atoms with Gasteiger partial charge in [0.05, 0.1) is 18.7 Å². The number of anilines is 1. The Kier molecular flexibility index (Phi) is 7.09. The lowest BCUT2D eigenvalue weighted by Crippen LogP contribution is -2.28. The molecule has 6 nitrogen and oxygen atoms in total. The molecule has 2 aromatic rings. The molecule has 0 fully saturated rings. The molecule has 1 amide bonds. The van der Waals surface area contributed by atoms with Crippen LogP contribution in [0, 0.1) is 0 Å². The number of nitrogens with one attached hydrogen (secondary N) is 2. The zero-order valence-corrected chi connectivity index (χ0v) is 15.9. The highest BCUT2D eigenvalue weighted by Crippen LogP contribution is 2.26. The molecule has 0 saturated carbocycles. The van der Waals surface area contributed by atoms with E-state index in [1.54, 1.807) is 43.5 Å². The second-order valence-electron chi connectivity index (χ2n) is 5.01. The molecule has 0 aromatic heterocycles. The zero-order valence-electron chi connectivity index (χ0n) is 13.6. The first-order valence-corrected chi connectivity index (χ1v) is 8.61. The van der Waals surface area contributed by atoms with Crippen LogP contribution < -0.4 is 21.1 Å². The second kappa shape index (κ2) is 9.29. The molecule has 0 heterocycles. The van der Waals surface area contributed by atoms with E-state index < -0.39 is 0 Å². The summed E-state index contributed by atoms with van der Waals surface area (Å²) in [6, 6.07) is 12.4. The van der Waals surface area contributed by atoms with Gasteiger partial charge in [0.1, 0.15) is 5.75 Å². The number of carbonyl (C=O) groups excluding carboxylic acids is 1. The van der Waals surface area contributed by atoms with E-state index >= 15 is 0 Å². The molecule has 0 aliphatic carbocycles. The summed E-state index contributed by atoms with van der Waals surface area (Å²) in [5.41, 5.74) is 7.10. The van der Waals surface area contributed by atoms with E-state index in [2.05, 4.69) is 31.6 Å². The molecule has 0 spiro atoms. The minimum absolute atomic E-state index is 0.162. The molecule has 2 rings (SSSR count). The van der Waals surface area contributed by atoms with Crippen LogP contribution in [0.3, 0.4) is 0 Å². The van der Waals surface area contributed by atoms with Crippen LogP contribution in [0.4, 0.5) is 5.69 Å². The topological polar surface area (TPSA) is 88.7 Å². The number of halogens is 2. The van der Waals surface area contributed by atoms with Crippen molar-refractivity contribution in [2.24, 2.45) is 10.7 Å². The van der Waals surface area contributed by atoms with E-state index in [1.807, 2.05) is 6.07 Å². The van der Waals surface area contributed by atoms with Crippen LogP contribution >= 0.6 is 27.5 Å². The largest absolute Gasteiger partial charge is 0.495 e. The summed E-state index contributed by atoms with van der Waals surface area (Å²) in [4.78, 5) is 16.1. The van der Waals surface area contributed by atoms with Crippen LogP contribution in [-0.4, -0.2) is 32.1 Å². The standard InChI is InChI=1S/C17H18BrClN4O2/c1-25-15-6-5-13(10-14(15)19)23-17(20)22-8-7-21-16(24)11-3-2-4-12(18)9-11/h2-6,9-10H,7-8H2,1H3,(H,21,24)(H3,20,22,23). The lowest BCUT2D eigenvalue weighted by Gasteiger charge is -2.09. The quantitative estimate of drug-likeness (QED) is 0.376. The number of nitrogens with two attached hydrogens (primary N) is 1. The van der Waals surface area contributed by atoms with Crippen molar-refractivity contribution in [1.29, 1.82) is 0 Å². The average molecular weight is 426 g/mol. The number of benzene rings is 2. The Bertz CT molecular complexity index is 783. The number of aliphatic imine (C=N–C) groups is 1.